The predicted octanol–water partition coefficient (Wildman–Crippen LogP) is 2.42. The minimum atomic E-state index is -0.917. The molecule has 0 aliphatic rings. The number of carboxylic acids is 1. The largest absolute Gasteiger partial charge is 0.496 e. The maximum Gasteiger partial charge on any atom is 0.303 e. The summed E-state index contributed by atoms with van der Waals surface area (Å²) in [7, 11) is 1.52. The van der Waals surface area contributed by atoms with E-state index in [-0.39, 0.29) is 24.6 Å². The van der Waals surface area contributed by atoms with E-state index in [1.54, 1.807) is 18.2 Å². The highest BCUT2D eigenvalue weighted by Gasteiger charge is 2.14. The quantitative estimate of drug-likeness (QED) is 0.906. The van der Waals surface area contributed by atoms with E-state index >= 15 is 0 Å². The molecule has 100 valence electrons. The molecule has 7 heteroatoms. The number of carbonyl (C=O) groups is 1. The monoisotopic (exact) mass is 282 g/mol. The van der Waals surface area contributed by atoms with Gasteiger partial charge in [-0.15, -0.1) is 10.2 Å². The molecular formula is C12H11ClN2O4. The lowest BCUT2D eigenvalue weighted by atomic mass is 10.2. The Kier molecular flexibility index (Phi) is 4.01. The zero-order valence-electron chi connectivity index (χ0n) is 10.1. The van der Waals surface area contributed by atoms with E-state index in [2.05, 4.69) is 10.2 Å². The first-order chi connectivity index (χ1) is 9.10. The Morgan fingerprint density at radius 1 is 1.47 bits per heavy atom. The number of aryl methyl sites for hydroxylation is 1. The van der Waals surface area contributed by atoms with Gasteiger partial charge in [0.1, 0.15) is 5.75 Å². The van der Waals surface area contributed by atoms with E-state index in [0.717, 1.165) is 0 Å². The number of rotatable bonds is 5. The third kappa shape index (κ3) is 3.23. The molecule has 0 aliphatic carbocycles. The molecule has 0 unspecified atom stereocenters. The standard InChI is InChI=1S/C12H11ClN2O4/c1-18-9-3-2-7(13)6-8(9)12-15-14-10(19-12)4-5-11(16)17/h2-3,6H,4-5H2,1H3,(H,16,17). The molecule has 19 heavy (non-hydrogen) atoms. The maximum absolute atomic E-state index is 10.5. The van der Waals surface area contributed by atoms with E-state index in [1.807, 2.05) is 0 Å². The first-order valence-corrected chi connectivity index (χ1v) is 5.86. The molecule has 1 N–H and O–H groups in total. The summed E-state index contributed by atoms with van der Waals surface area (Å²) in [6.45, 7) is 0. The number of ether oxygens (including phenoxy) is 1. The highest BCUT2D eigenvalue weighted by atomic mass is 35.5. The van der Waals surface area contributed by atoms with E-state index < -0.39 is 5.97 Å². The first-order valence-electron chi connectivity index (χ1n) is 5.48. The summed E-state index contributed by atoms with van der Waals surface area (Å²) in [5, 5.41) is 16.8. The van der Waals surface area contributed by atoms with Crippen LogP contribution in [0, 0.1) is 0 Å². The van der Waals surface area contributed by atoms with Crippen molar-refractivity contribution < 1.29 is 19.1 Å². The number of carboxylic acid groups (broad SMARTS) is 1. The number of aliphatic carboxylic acids is 1. The summed E-state index contributed by atoms with van der Waals surface area (Å²) in [4.78, 5) is 10.5. The van der Waals surface area contributed by atoms with Crippen LogP contribution < -0.4 is 4.74 Å². The molecule has 1 aromatic heterocycles. The van der Waals surface area contributed by atoms with Gasteiger partial charge in [0, 0.05) is 11.4 Å². The van der Waals surface area contributed by atoms with Crippen molar-refractivity contribution in [2.75, 3.05) is 7.11 Å². The van der Waals surface area contributed by atoms with Crippen molar-refractivity contribution in [1.82, 2.24) is 10.2 Å². The molecule has 0 atom stereocenters. The Balaban J connectivity index is 2.27. The molecule has 0 fully saturated rings. The number of aromatic nitrogens is 2. The lowest BCUT2D eigenvalue weighted by Gasteiger charge is -2.04. The summed E-state index contributed by atoms with van der Waals surface area (Å²) in [5.41, 5.74) is 0.573. The van der Waals surface area contributed by atoms with Gasteiger partial charge in [-0.25, -0.2) is 0 Å². The molecule has 0 spiro atoms. The topological polar surface area (TPSA) is 85.5 Å². The Labute approximate surface area is 114 Å². The van der Waals surface area contributed by atoms with Crippen molar-refractivity contribution in [3.63, 3.8) is 0 Å². The van der Waals surface area contributed by atoms with Gasteiger partial charge in [-0.2, -0.15) is 0 Å². The van der Waals surface area contributed by atoms with Crippen LogP contribution in [-0.2, 0) is 11.2 Å². The zero-order valence-corrected chi connectivity index (χ0v) is 10.8. The van der Waals surface area contributed by atoms with E-state index in [0.29, 0.717) is 16.3 Å². The SMILES string of the molecule is COc1ccc(Cl)cc1-c1nnc(CCC(=O)O)o1. The van der Waals surface area contributed by atoms with Gasteiger partial charge in [0.05, 0.1) is 19.1 Å². The normalized spacial score (nSPS) is 10.4. The molecule has 1 heterocycles. The van der Waals surface area contributed by atoms with Crippen LogP contribution in [0.1, 0.15) is 12.3 Å². The van der Waals surface area contributed by atoms with Crippen LogP contribution in [0.25, 0.3) is 11.5 Å². The number of hydrogen-bond acceptors (Lipinski definition) is 5. The van der Waals surface area contributed by atoms with Gasteiger partial charge in [-0.3, -0.25) is 4.79 Å². The number of hydrogen-bond donors (Lipinski definition) is 1. The second kappa shape index (κ2) is 5.71. The number of halogens is 1. The summed E-state index contributed by atoms with van der Waals surface area (Å²) in [6.07, 6.45) is 0.125. The van der Waals surface area contributed by atoms with Crippen LogP contribution >= 0.6 is 11.6 Å². The first kappa shape index (κ1) is 13.4. The van der Waals surface area contributed by atoms with Crippen molar-refractivity contribution in [2.45, 2.75) is 12.8 Å². The molecule has 1 aromatic carbocycles. The van der Waals surface area contributed by atoms with Crippen molar-refractivity contribution in [3.05, 3.63) is 29.1 Å². The number of benzene rings is 1. The van der Waals surface area contributed by atoms with Crippen LogP contribution in [0.3, 0.4) is 0 Å². The van der Waals surface area contributed by atoms with Crippen molar-refractivity contribution in [2.24, 2.45) is 0 Å². The van der Waals surface area contributed by atoms with Gasteiger partial charge in [-0.05, 0) is 18.2 Å². The van der Waals surface area contributed by atoms with E-state index in [1.165, 1.54) is 7.11 Å². The van der Waals surface area contributed by atoms with Gasteiger partial charge < -0.3 is 14.3 Å². The Morgan fingerprint density at radius 3 is 2.95 bits per heavy atom. The van der Waals surface area contributed by atoms with Gasteiger partial charge in [0.2, 0.25) is 5.89 Å². The molecule has 0 amide bonds. The van der Waals surface area contributed by atoms with Crippen molar-refractivity contribution >= 4 is 17.6 Å². The average Bonchev–Trinajstić information content (AvgIpc) is 2.85. The minimum absolute atomic E-state index is 0.0612. The number of methoxy groups -OCH3 is 1. The lowest BCUT2D eigenvalue weighted by Crippen LogP contribution is -1.97. The Bertz CT molecular complexity index is 597. The lowest BCUT2D eigenvalue weighted by molar-refractivity contribution is -0.137. The van der Waals surface area contributed by atoms with Crippen LogP contribution in [0.4, 0.5) is 0 Å². The second-order valence-corrected chi connectivity index (χ2v) is 4.18. The van der Waals surface area contributed by atoms with Gasteiger partial charge in [0.15, 0.2) is 0 Å². The average molecular weight is 283 g/mol. The molecule has 0 saturated heterocycles. The highest BCUT2D eigenvalue weighted by Crippen LogP contribution is 2.31. The molecule has 0 bridgehead atoms. The third-order valence-corrected chi connectivity index (χ3v) is 2.65. The fourth-order valence-corrected chi connectivity index (χ4v) is 1.70. The van der Waals surface area contributed by atoms with Gasteiger partial charge in [-0.1, -0.05) is 11.6 Å². The molecule has 0 aliphatic heterocycles. The fraction of sp³-hybridized carbons (Fsp3) is 0.250. The second-order valence-electron chi connectivity index (χ2n) is 3.74. The molecular weight excluding hydrogens is 272 g/mol. The predicted molar refractivity (Wildman–Crippen MR) is 67.3 cm³/mol. The van der Waals surface area contributed by atoms with E-state index in [9.17, 15) is 4.79 Å². The van der Waals surface area contributed by atoms with Gasteiger partial charge in [0.25, 0.3) is 5.89 Å². The summed E-state index contributed by atoms with van der Waals surface area (Å²) in [6, 6.07) is 5.03. The minimum Gasteiger partial charge on any atom is -0.496 e. The third-order valence-electron chi connectivity index (χ3n) is 2.41. The summed E-state index contributed by atoms with van der Waals surface area (Å²) < 4.78 is 10.6. The summed E-state index contributed by atoms with van der Waals surface area (Å²) >= 11 is 5.91. The smallest absolute Gasteiger partial charge is 0.303 e. The van der Waals surface area contributed by atoms with Crippen LogP contribution in [0.5, 0.6) is 5.75 Å². The van der Waals surface area contributed by atoms with E-state index in [4.69, 9.17) is 25.9 Å². The van der Waals surface area contributed by atoms with Crippen molar-refractivity contribution in [1.29, 1.82) is 0 Å². The molecule has 0 radical (unpaired) electrons. The van der Waals surface area contributed by atoms with Crippen LogP contribution in [-0.4, -0.2) is 28.4 Å². The highest BCUT2D eigenvalue weighted by molar-refractivity contribution is 6.30. The number of nitrogens with zero attached hydrogens (tertiary/aromatic N) is 2. The van der Waals surface area contributed by atoms with Crippen LogP contribution in [0.2, 0.25) is 5.02 Å². The summed E-state index contributed by atoms with van der Waals surface area (Å²) in [5.74, 6) is 0.150. The van der Waals surface area contributed by atoms with Gasteiger partial charge >= 0.3 is 5.97 Å². The zero-order chi connectivity index (χ0) is 13.8. The maximum atomic E-state index is 10.5. The van der Waals surface area contributed by atoms with Crippen LogP contribution in [0.15, 0.2) is 22.6 Å². The Hall–Kier alpha value is -2.08. The molecule has 2 rings (SSSR count). The van der Waals surface area contributed by atoms with Crippen molar-refractivity contribution in [3.8, 4) is 17.2 Å². The molecule has 2 aromatic rings. The Morgan fingerprint density at radius 2 is 2.26 bits per heavy atom. The molecule has 6 nitrogen and oxygen atoms in total. The fourth-order valence-electron chi connectivity index (χ4n) is 1.52. The molecule has 0 saturated carbocycles.